The van der Waals surface area contributed by atoms with E-state index >= 15 is 0 Å². The molecule has 0 spiro atoms. The normalized spacial score (nSPS) is 21.2. The van der Waals surface area contributed by atoms with Crippen LogP contribution < -0.4 is 0 Å². The second kappa shape index (κ2) is 17.8. The first kappa shape index (κ1) is 42.3. The average molecular weight is 819 g/mol. The predicted molar refractivity (Wildman–Crippen MR) is 198 cm³/mol. The number of nitrogens with zero attached hydrogens (tertiary/aromatic N) is 5. The molecule has 2 N–H and O–H groups in total. The van der Waals surface area contributed by atoms with Gasteiger partial charge in [0.15, 0.2) is 0 Å². The summed E-state index contributed by atoms with van der Waals surface area (Å²) < 4.78 is 20.2. The summed E-state index contributed by atoms with van der Waals surface area (Å²) in [5.74, 6) is 1.60. The number of rotatable bonds is 2. The van der Waals surface area contributed by atoms with Crippen LogP contribution in [0.1, 0.15) is 119 Å². The second-order valence-corrected chi connectivity index (χ2v) is 17.4. The van der Waals surface area contributed by atoms with Gasteiger partial charge in [0.05, 0.1) is 12.1 Å². The van der Waals surface area contributed by atoms with Crippen LogP contribution in [-0.4, -0.2) is 87.1 Å². The molecule has 0 unspecified atom stereocenters. The third-order valence-corrected chi connectivity index (χ3v) is 8.99. The zero-order valence-electron chi connectivity index (χ0n) is 30.0. The number of halogens is 2. The molecule has 5 rings (SSSR count). The Kier molecular flexibility index (Phi) is 15.7. The number of aromatic nitrogens is 4. The van der Waals surface area contributed by atoms with Gasteiger partial charge in [-0.1, -0.05) is 27.7 Å². The molecule has 2 amide bonds. The summed E-state index contributed by atoms with van der Waals surface area (Å²) in [5.41, 5.74) is -0.863. The summed E-state index contributed by atoms with van der Waals surface area (Å²) >= 11 is 9.96. The molecule has 3 fully saturated rings. The van der Waals surface area contributed by atoms with Gasteiger partial charge in [0, 0.05) is 38.7 Å². The second-order valence-electron chi connectivity index (χ2n) is 15.6. The molecule has 3 aliphatic heterocycles. The van der Waals surface area contributed by atoms with Crippen molar-refractivity contribution >= 4 is 64.5 Å². The molecule has 2 aromatic heterocycles. The molecule has 12 nitrogen and oxygen atoms in total. The van der Waals surface area contributed by atoms with Crippen molar-refractivity contribution in [3.05, 3.63) is 33.2 Å². The van der Waals surface area contributed by atoms with Crippen LogP contribution in [0, 0.1) is 10.8 Å². The minimum absolute atomic E-state index is 0.0279. The molecule has 0 aromatic carbocycles. The van der Waals surface area contributed by atoms with E-state index in [4.69, 9.17) is 14.2 Å². The van der Waals surface area contributed by atoms with Gasteiger partial charge in [-0.3, -0.25) is 9.80 Å². The van der Waals surface area contributed by atoms with E-state index in [2.05, 4.69) is 104 Å². The number of hydrogen-bond acceptors (Lipinski definition) is 9. The van der Waals surface area contributed by atoms with Gasteiger partial charge in [-0.15, -0.1) is 0 Å². The number of amides is 2. The van der Waals surface area contributed by atoms with Crippen molar-refractivity contribution in [1.82, 2.24) is 29.7 Å². The molecule has 1 radical (unpaired) electrons. The topological polar surface area (TPSA) is 138 Å². The van der Waals surface area contributed by atoms with E-state index in [-0.39, 0.29) is 35.1 Å². The summed E-state index contributed by atoms with van der Waals surface area (Å²) in [6.45, 7) is 23.2. The van der Waals surface area contributed by atoms with E-state index < -0.39 is 11.2 Å². The average Bonchev–Trinajstić information content (AvgIpc) is 3.75. The first-order valence-electron chi connectivity index (χ1n) is 16.1. The first-order chi connectivity index (χ1) is 22.1. The van der Waals surface area contributed by atoms with Gasteiger partial charge in [-0.2, -0.15) is 0 Å². The Labute approximate surface area is 309 Å². The molecule has 48 heavy (non-hydrogen) atoms. The van der Waals surface area contributed by atoms with Crippen molar-refractivity contribution in [3.63, 3.8) is 0 Å². The Morgan fingerprint density at radius 2 is 1.38 bits per heavy atom. The van der Waals surface area contributed by atoms with Gasteiger partial charge in [-0.25, -0.2) is 19.6 Å². The Hall–Kier alpha value is -1.91. The number of carbonyl (C=O) groups excluding carboxylic acids is 2. The monoisotopic (exact) mass is 816 g/mol. The summed E-state index contributed by atoms with van der Waals surface area (Å²) in [4.78, 5) is 43.4. The Bertz CT molecular complexity index is 1300. The van der Waals surface area contributed by atoms with Crippen molar-refractivity contribution in [3.8, 4) is 0 Å². The number of carbonyl (C=O) groups is 2. The molecule has 0 saturated carbocycles. The molecule has 3 aliphatic rings. The third kappa shape index (κ3) is 14.1. The van der Waals surface area contributed by atoms with Gasteiger partial charge >= 0.3 is 36.9 Å². The quantitative estimate of drug-likeness (QED) is 0.204. The van der Waals surface area contributed by atoms with Crippen LogP contribution in [-0.2, 0) is 14.2 Å². The minimum atomic E-state index is -0.501. The molecule has 16 heteroatoms. The van der Waals surface area contributed by atoms with Crippen LogP contribution in [0.5, 0.6) is 0 Å². The standard InChI is InChI=1S/C14H21Br2N3O2.C14H23N3O2.C4H8O.BHNS/c1-13(2,3)21-12(20)19-7-14(4,5)6-8(19)11-17-9(15)10(16)18-11;1-13(2,3)19-12(18)17-9-14(4,5)8-10(17)11-15-6-7-16-11;1-2-4-5-3-1;1-2-3/h8H,6-7H2,1-5H3,(H,17,18);6-7,10H,8-9H2,1-5H3,(H,15,16);1-4H2;3H/t8-;10-;;/m00../s1. The number of likely N-dealkylation sites (tertiary alicyclic amines) is 2. The van der Waals surface area contributed by atoms with E-state index in [0.717, 1.165) is 42.3 Å². The zero-order valence-corrected chi connectivity index (χ0v) is 34.1. The molecule has 3 saturated heterocycles. The summed E-state index contributed by atoms with van der Waals surface area (Å²) in [6, 6.07) is -0.128. The van der Waals surface area contributed by atoms with E-state index in [1.54, 1.807) is 22.2 Å². The number of nitrogens with one attached hydrogen (secondary N) is 2. The van der Waals surface area contributed by atoms with Gasteiger partial charge in [-0.05, 0) is 110 Å². The first-order valence-corrected chi connectivity index (χ1v) is 18.1. The molecule has 2 aromatic rings. The van der Waals surface area contributed by atoms with Gasteiger partial charge in [0.2, 0.25) is 0 Å². The Balaban J connectivity index is 0.000000272. The Morgan fingerprint density at radius 3 is 1.69 bits per heavy atom. The van der Waals surface area contributed by atoms with E-state index in [9.17, 15) is 9.59 Å². The SMILES string of the molecule is C1CCOC1.CC1(C)C[C@@H](c2nc(Br)c(Br)[nH]2)N(C(=O)OC(C)(C)C)C1.CC1(C)C[C@@H](c2ncc[nH]2)N(C(=O)OC(C)(C)C)C1.[B]=NS. The number of ether oxygens (including phenoxy) is 3. The predicted octanol–water partition coefficient (Wildman–Crippen LogP) is 8.74. The van der Waals surface area contributed by atoms with Crippen LogP contribution in [0.3, 0.4) is 0 Å². The fraction of sp³-hybridized carbons (Fsp3) is 0.750. The van der Waals surface area contributed by atoms with Gasteiger partial charge < -0.3 is 24.2 Å². The molecule has 0 bridgehead atoms. The van der Waals surface area contributed by atoms with Crippen LogP contribution >= 0.6 is 44.7 Å². The van der Waals surface area contributed by atoms with E-state index in [1.807, 2.05) is 41.5 Å². The number of hydrogen-bond donors (Lipinski definition) is 3. The number of thiol groups is 1. The summed E-state index contributed by atoms with van der Waals surface area (Å²) in [7, 11) is 4.34. The fourth-order valence-corrected chi connectivity index (χ4v) is 6.11. The number of H-pyrrole nitrogens is 2. The van der Waals surface area contributed by atoms with Crippen molar-refractivity contribution in [2.75, 3.05) is 26.3 Å². The van der Waals surface area contributed by atoms with Crippen LogP contribution in [0.25, 0.3) is 0 Å². The molecule has 2 atom stereocenters. The van der Waals surface area contributed by atoms with Gasteiger partial charge in [0.25, 0.3) is 0 Å². The van der Waals surface area contributed by atoms with E-state index in [0.29, 0.717) is 17.7 Å². The van der Waals surface area contributed by atoms with Crippen LogP contribution in [0.15, 0.2) is 25.9 Å². The van der Waals surface area contributed by atoms with Gasteiger partial charge in [0.1, 0.15) is 32.1 Å². The number of imidazole rings is 2. The maximum absolute atomic E-state index is 12.5. The van der Waals surface area contributed by atoms with Crippen LogP contribution in [0.4, 0.5) is 9.59 Å². The summed E-state index contributed by atoms with van der Waals surface area (Å²) in [6.07, 6.45) is 7.24. The van der Waals surface area contributed by atoms with Crippen molar-refractivity contribution < 1.29 is 23.8 Å². The fourth-order valence-electron chi connectivity index (χ4n) is 5.53. The molecular weight excluding hydrogens is 765 g/mol. The molecule has 269 valence electrons. The molecule has 5 heterocycles. The van der Waals surface area contributed by atoms with Crippen molar-refractivity contribution in [2.45, 2.75) is 118 Å². The van der Waals surface area contributed by atoms with E-state index in [1.165, 1.54) is 12.8 Å². The number of aromatic amines is 2. The zero-order chi connectivity index (χ0) is 36.5. The molecular formula is C32H53BBr2N7O5S. The summed E-state index contributed by atoms with van der Waals surface area (Å²) in [5, 5.41) is 0. The maximum atomic E-state index is 12.5. The van der Waals surface area contributed by atoms with Crippen molar-refractivity contribution in [2.24, 2.45) is 15.1 Å². The Morgan fingerprint density at radius 1 is 0.938 bits per heavy atom. The van der Waals surface area contributed by atoms with Crippen molar-refractivity contribution in [1.29, 1.82) is 0 Å². The van der Waals surface area contributed by atoms with Crippen LogP contribution in [0.2, 0.25) is 0 Å². The third-order valence-electron chi connectivity index (χ3n) is 7.31. The molecule has 0 aliphatic carbocycles.